The Morgan fingerprint density at radius 1 is 0.419 bits per heavy atom. The number of rotatable bonds is 20. The monoisotopic (exact) mass is 844 g/mol. The largest absolute Gasteiger partial charge is 0.508 e. The van der Waals surface area contributed by atoms with E-state index in [1.54, 1.807) is 40.6 Å². The van der Waals surface area contributed by atoms with E-state index >= 15 is 0 Å². The summed E-state index contributed by atoms with van der Waals surface area (Å²) in [6, 6.07) is 16.3. The van der Waals surface area contributed by atoms with E-state index in [-0.39, 0.29) is 35.2 Å². The van der Waals surface area contributed by atoms with Crippen molar-refractivity contribution >= 4 is 0 Å². The van der Waals surface area contributed by atoms with Gasteiger partial charge in [-0.15, -0.1) is 24.7 Å². The van der Waals surface area contributed by atoms with Crippen LogP contribution in [-0.4, -0.2) is 51.9 Å². The van der Waals surface area contributed by atoms with Gasteiger partial charge in [0.25, 0.3) is 0 Å². The SMILES string of the molecule is C#CCCCOc1cc(OC)c2cc1[C@@H](CCC)c1cc(c(O)cc1OC)[C@H](CCC)c1cc(c(OC)cc1OCCCC#C)[C@H](CCC)c1cc(c(OC)cc1O)[C@H]2CCC. The minimum Gasteiger partial charge on any atom is -0.508 e. The van der Waals surface area contributed by atoms with Gasteiger partial charge in [0.05, 0.1) is 41.7 Å². The Labute approximate surface area is 371 Å². The highest BCUT2D eigenvalue weighted by molar-refractivity contribution is 5.63. The number of fused-ring (bicyclic) bond motifs is 8. The number of phenols is 2. The lowest BCUT2D eigenvalue weighted by atomic mass is 9.76. The summed E-state index contributed by atoms with van der Waals surface area (Å²) < 4.78 is 38.0. The fourth-order valence-electron chi connectivity index (χ4n) is 9.33. The van der Waals surface area contributed by atoms with Crippen molar-refractivity contribution in [2.45, 2.75) is 128 Å². The van der Waals surface area contributed by atoms with Gasteiger partial charge < -0.3 is 38.6 Å². The van der Waals surface area contributed by atoms with Crippen LogP contribution in [0.5, 0.6) is 46.0 Å². The van der Waals surface area contributed by atoms with Gasteiger partial charge in [-0.3, -0.25) is 0 Å². The molecule has 5 rings (SSSR count). The molecule has 4 atom stereocenters. The molecule has 1 aliphatic carbocycles. The van der Waals surface area contributed by atoms with E-state index < -0.39 is 0 Å². The van der Waals surface area contributed by atoms with Crippen LogP contribution in [0.4, 0.5) is 0 Å². The van der Waals surface area contributed by atoms with Crippen LogP contribution in [-0.2, 0) is 0 Å². The molecule has 0 radical (unpaired) electrons. The zero-order valence-electron chi connectivity index (χ0n) is 38.3. The Balaban J connectivity index is 2.01. The van der Waals surface area contributed by atoms with Crippen molar-refractivity contribution in [3.8, 4) is 70.7 Å². The molecule has 0 aromatic heterocycles. The maximum absolute atomic E-state index is 12.1. The molecular weight excluding hydrogens is 777 g/mol. The topological polar surface area (TPSA) is 95.8 Å². The van der Waals surface area contributed by atoms with Crippen molar-refractivity contribution in [2.75, 3.05) is 41.7 Å². The number of terminal acetylenes is 2. The molecule has 1 aliphatic rings. The number of benzene rings is 4. The first-order valence-corrected chi connectivity index (χ1v) is 22.6. The number of unbranched alkanes of at least 4 members (excludes halogenated alkanes) is 2. The maximum Gasteiger partial charge on any atom is 0.126 e. The van der Waals surface area contributed by atoms with Crippen LogP contribution < -0.4 is 28.4 Å². The summed E-state index contributed by atoms with van der Waals surface area (Å²) in [4.78, 5) is 0. The Bertz CT molecular complexity index is 2190. The summed E-state index contributed by atoms with van der Waals surface area (Å²) in [6.45, 7) is 9.53. The molecule has 0 aliphatic heterocycles. The van der Waals surface area contributed by atoms with Crippen LogP contribution in [0, 0.1) is 24.7 Å². The van der Waals surface area contributed by atoms with Crippen molar-refractivity contribution in [2.24, 2.45) is 0 Å². The molecule has 0 saturated heterocycles. The van der Waals surface area contributed by atoms with Crippen LogP contribution in [0.1, 0.15) is 173 Å². The maximum atomic E-state index is 12.1. The first kappa shape index (κ1) is 47.4. The molecule has 0 heterocycles. The zero-order chi connectivity index (χ0) is 44.8. The average Bonchev–Trinajstić information content (AvgIpc) is 3.28. The Morgan fingerprint density at radius 2 is 0.694 bits per heavy atom. The smallest absolute Gasteiger partial charge is 0.126 e. The molecule has 4 aromatic carbocycles. The lowest BCUT2D eigenvalue weighted by Gasteiger charge is -2.31. The van der Waals surface area contributed by atoms with Crippen LogP contribution in [0.15, 0.2) is 48.5 Å². The van der Waals surface area contributed by atoms with E-state index in [2.05, 4.69) is 63.8 Å². The van der Waals surface area contributed by atoms with E-state index in [0.717, 1.165) is 95.9 Å². The minimum atomic E-state index is -0.283. The highest BCUT2D eigenvalue weighted by Crippen LogP contribution is 2.53. The average molecular weight is 845 g/mol. The normalized spacial score (nSPS) is 16.7. The van der Waals surface area contributed by atoms with Gasteiger partial charge in [-0.05, 0) is 62.8 Å². The molecule has 0 amide bonds. The van der Waals surface area contributed by atoms with Gasteiger partial charge in [0.15, 0.2) is 0 Å². The molecule has 8 heteroatoms. The Hall–Kier alpha value is -5.60. The summed E-state index contributed by atoms with van der Waals surface area (Å²) in [6.07, 6.45) is 20.3. The first-order chi connectivity index (χ1) is 30.2. The predicted octanol–water partition coefficient (Wildman–Crippen LogP) is 12.8. The van der Waals surface area contributed by atoms with Gasteiger partial charge in [-0.2, -0.15) is 0 Å². The zero-order valence-corrected chi connectivity index (χ0v) is 38.3. The second-order valence-corrected chi connectivity index (χ2v) is 16.2. The molecule has 4 aromatic rings. The van der Waals surface area contributed by atoms with Gasteiger partial charge in [-0.25, -0.2) is 0 Å². The van der Waals surface area contributed by atoms with E-state index in [4.69, 9.17) is 41.3 Å². The summed E-state index contributed by atoms with van der Waals surface area (Å²) in [5.41, 5.74) is 7.29. The summed E-state index contributed by atoms with van der Waals surface area (Å²) in [5, 5.41) is 24.2. The van der Waals surface area contributed by atoms with Crippen molar-refractivity contribution in [3.63, 3.8) is 0 Å². The number of hydrogen-bond acceptors (Lipinski definition) is 8. The third kappa shape index (κ3) is 10.4. The number of hydrogen-bond donors (Lipinski definition) is 2. The lowest BCUT2D eigenvalue weighted by Crippen LogP contribution is -2.14. The molecule has 8 nitrogen and oxygen atoms in total. The number of aromatic hydroxyl groups is 2. The molecule has 0 spiro atoms. The standard InChI is InChI=1S/C54H68O8/c1-11-17-19-25-61-53-33-51(59-9)43-29-45(53)36(22-14-4)40-28-42(50(58-8)32-48(40)56)38(24-16-6)46-30-44(52(60-10)34-54(46)62-26-20-18-12-2)37(23-15-5)41-27-39(35(43)21-13-3)47(55)31-49(41)57-7/h1-2,27-38,55-56H,13-26H2,3-10H3/t35-,36+,37-,38+/m1/s1. The first-order valence-electron chi connectivity index (χ1n) is 22.6. The molecule has 8 bridgehead atoms. The second kappa shape index (κ2) is 23.0. The molecule has 332 valence electrons. The van der Waals surface area contributed by atoms with Gasteiger partial charge >= 0.3 is 0 Å². The van der Waals surface area contributed by atoms with Crippen LogP contribution in [0.3, 0.4) is 0 Å². The third-order valence-electron chi connectivity index (χ3n) is 12.2. The van der Waals surface area contributed by atoms with Crippen molar-refractivity contribution in [1.29, 1.82) is 0 Å². The van der Waals surface area contributed by atoms with Crippen molar-refractivity contribution in [1.82, 2.24) is 0 Å². The predicted molar refractivity (Wildman–Crippen MR) is 249 cm³/mol. The summed E-state index contributed by atoms with van der Waals surface area (Å²) in [5.74, 6) is 8.75. The van der Waals surface area contributed by atoms with E-state index in [1.165, 1.54) is 0 Å². The molecular formula is C54H68O8. The molecule has 0 fully saturated rings. The third-order valence-corrected chi connectivity index (χ3v) is 12.2. The number of methoxy groups -OCH3 is 4. The fraction of sp³-hybridized carbons (Fsp3) is 0.481. The Kier molecular flexibility index (Phi) is 17.6. The fourth-order valence-corrected chi connectivity index (χ4v) is 9.33. The van der Waals surface area contributed by atoms with Crippen molar-refractivity contribution in [3.05, 3.63) is 93.0 Å². The van der Waals surface area contributed by atoms with E-state index in [9.17, 15) is 10.2 Å². The van der Waals surface area contributed by atoms with Crippen molar-refractivity contribution < 1.29 is 38.6 Å². The van der Waals surface area contributed by atoms with E-state index in [0.29, 0.717) is 73.4 Å². The Morgan fingerprint density at radius 3 is 0.984 bits per heavy atom. The minimum absolute atomic E-state index is 0.141. The van der Waals surface area contributed by atoms with Gasteiger partial charge in [0.1, 0.15) is 46.0 Å². The molecule has 0 unspecified atom stereocenters. The van der Waals surface area contributed by atoms with E-state index in [1.807, 2.05) is 12.1 Å². The van der Waals surface area contributed by atoms with Gasteiger partial charge in [0, 0.05) is 105 Å². The van der Waals surface area contributed by atoms with Crippen LogP contribution >= 0.6 is 0 Å². The van der Waals surface area contributed by atoms with Crippen LogP contribution in [0.25, 0.3) is 0 Å². The summed E-state index contributed by atoms with van der Waals surface area (Å²) >= 11 is 0. The van der Waals surface area contributed by atoms with Gasteiger partial charge in [0.2, 0.25) is 0 Å². The summed E-state index contributed by atoms with van der Waals surface area (Å²) in [7, 11) is 6.69. The van der Waals surface area contributed by atoms with Crippen LogP contribution in [0.2, 0.25) is 0 Å². The molecule has 0 saturated carbocycles. The number of ether oxygens (including phenoxy) is 6. The highest BCUT2D eigenvalue weighted by Gasteiger charge is 2.34. The number of phenolic OH excluding ortho intramolecular Hbond substituents is 2. The highest BCUT2D eigenvalue weighted by atomic mass is 16.5. The lowest BCUT2D eigenvalue weighted by molar-refractivity contribution is 0.304. The second-order valence-electron chi connectivity index (χ2n) is 16.2. The molecule has 62 heavy (non-hydrogen) atoms. The quantitative estimate of drug-likeness (QED) is 0.0671. The van der Waals surface area contributed by atoms with Gasteiger partial charge in [-0.1, -0.05) is 53.4 Å². The molecule has 2 N–H and O–H groups in total.